The van der Waals surface area contributed by atoms with Gasteiger partial charge in [-0.15, -0.1) is 0 Å². The third-order valence-electron chi connectivity index (χ3n) is 7.71. The second-order valence-corrected chi connectivity index (χ2v) is 13.6. The molecule has 1 aromatic heterocycles. The van der Waals surface area contributed by atoms with E-state index < -0.39 is 26.1 Å². The van der Waals surface area contributed by atoms with Gasteiger partial charge in [0.25, 0.3) is 11.5 Å². The molecule has 1 aliphatic rings. The maximum atomic E-state index is 13.0. The molecule has 0 spiro atoms. The lowest BCUT2D eigenvalue weighted by Gasteiger charge is -2.25. The number of ether oxygens (including phenoxy) is 1. The molecule has 0 radical (unpaired) electrons. The lowest BCUT2D eigenvalue weighted by Crippen LogP contribution is -2.50. The summed E-state index contributed by atoms with van der Waals surface area (Å²) in [7, 11) is -0.247. The number of carbonyl (C=O) groups excluding carboxylic acids is 2. The number of carbonyl (C=O) groups is 2. The van der Waals surface area contributed by atoms with E-state index in [4.69, 9.17) is 9.94 Å². The molecule has 2 aromatic carbocycles. The van der Waals surface area contributed by atoms with Crippen molar-refractivity contribution in [1.29, 1.82) is 0 Å². The number of rotatable bonds is 10. The fourth-order valence-electron chi connectivity index (χ4n) is 4.56. The Bertz CT molecular complexity index is 1730. The van der Waals surface area contributed by atoms with Crippen molar-refractivity contribution < 1.29 is 28.0 Å². The van der Waals surface area contributed by atoms with Gasteiger partial charge in [-0.1, -0.05) is 24.0 Å². The molecule has 222 valence electrons. The highest BCUT2D eigenvalue weighted by Crippen LogP contribution is 2.48. The van der Waals surface area contributed by atoms with Gasteiger partial charge in [0, 0.05) is 29.3 Å². The van der Waals surface area contributed by atoms with Crippen LogP contribution in [0.4, 0.5) is 0 Å². The van der Waals surface area contributed by atoms with Crippen LogP contribution < -0.4 is 11.0 Å². The highest BCUT2D eigenvalue weighted by atomic mass is 32.2. The van der Waals surface area contributed by atoms with Crippen LogP contribution in [0.3, 0.4) is 0 Å². The van der Waals surface area contributed by atoms with Crippen molar-refractivity contribution in [1.82, 2.24) is 19.9 Å². The van der Waals surface area contributed by atoms with Gasteiger partial charge in [-0.2, -0.15) is 0 Å². The number of nitrogens with one attached hydrogen (secondary N) is 1. The first kappa shape index (κ1) is 30.9. The average molecular weight is 595 g/mol. The van der Waals surface area contributed by atoms with Gasteiger partial charge in [-0.3, -0.25) is 29.1 Å². The number of esters is 1. The van der Waals surface area contributed by atoms with E-state index in [2.05, 4.69) is 16.8 Å². The Morgan fingerprint density at radius 3 is 2.38 bits per heavy atom. The van der Waals surface area contributed by atoms with Crippen LogP contribution in [0, 0.1) is 11.8 Å². The number of benzene rings is 2. The van der Waals surface area contributed by atoms with E-state index in [0.717, 1.165) is 30.2 Å². The van der Waals surface area contributed by atoms with Crippen molar-refractivity contribution in [3.05, 3.63) is 75.8 Å². The molecular weight excluding hydrogens is 560 g/mol. The van der Waals surface area contributed by atoms with Gasteiger partial charge in [0.2, 0.25) is 0 Å². The van der Waals surface area contributed by atoms with E-state index >= 15 is 0 Å². The van der Waals surface area contributed by atoms with Gasteiger partial charge in [-0.05, 0) is 76.2 Å². The summed E-state index contributed by atoms with van der Waals surface area (Å²) in [5.74, 6) is 4.91. The largest absolute Gasteiger partial charge is 0.464 e. The number of sulfone groups is 1. The van der Waals surface area contributed by atoms with Gasteiger partial charge in [0.1, 0.15) is 6.61 Å². The van der Waals surface area contributed by atoms with E-state index in [-0.39, 0.29) is 30.9 Å². The van der Waals surface area contributed by atoms with Crippen LogP contribution in [-0.2, 0) is 36.1 Å². The normalized spacial score (nSPS) is 15.4. The quantitative estimate of drug-likeness (QED) is 0.155. The first-order valence-electron chi connectivity index (χ1n) is 13.3. The van der Waals surface area contributed by atoms with Crippen molar-refractivity contribution >= 4 is 32.6 Å². The standard InChI is InChI=1S/C30H34N4O7S/c1-29(28(37)32-38,42(4,39)40)15-16-34-20-31-25-17-22(9-12-24(25)27(34)36)6-5-21-7-10-23(11-8-21)30(13-14-30)19-41-26(35)18-33(2)3/h7-12,17,20,38H,13-16,18-19H2,1-4H3,(H,32,37). The second-order valence-electron chi connectivity index (χ2n) is 11.2. The number of nitrogens with zero attached hydrogens (tertiary/aromatic N) is 3. The number of aromatic nitrogens is 2. The topological polar surface area (TPSA) is 148 Å². The highest BCUT2D eigenvalue weighted by Gasteiger charge is 2.45. The fraction of sp³-hybridized carbons (Fsp3) is 0.400. The highest BCUT2D eigenvalue weighted by molar-refractivity contribution is 7.92. The Hall–Kier alpha value is -4.05. The molecular formula is C30H34N4O7S. The molecule has 0 aliphatic heterocycles. The summed E-state index contributed by atoms with van der Waals surface area (Å²) >= 11 is 0. The third kappa shape index (κ3) is 6.70. The van der Waals surface area contributed by atoms with Crippen molar-refractivity contribution in [2.45, 2.75) is 42.9 Å². The molecule has 1 fully saturated rings. The van der Waals surface area contributed by atoms with Crippen molar-refractivity contribution in [3.63, 3.8) is 0 Å². The number of likely N-dealkylation sites (N-methyl/N-ethyl adjacent to an activating group) is 1. The average Bonchev–Trinajstić information content (AvgIpc) is 3.74. The van der Waals surface area contributed by atoms with E-state index in [0.29, 0.717) is 23.1 Å². The monoisotopic (exact) mass is 594 g/mol. The molecule has 11 nitrogen and oxygen atoms in total. The predicted octanol–water partition coefficient (Wildman–Crippen LogP) is 1.63. The molecule has 4 rings (SSSR count). The van der Waals surface area contributed by atoms with Gasteiger partial charge >= 0.3 is 5.97 Å². The van der Waals surface area contributed by atoms with Crippen molar-refractivity contribution in [2.75, 3.05) is 33.5 Å². The smallest absolute Gasteiger partial charge is 0.320 e. The molecule has 0 saturated heterocycles. The number of aryl methyl sites for hydroxylation is 1. The van der Waals surface area contributed by atoms with Crippen molar-refractivity contribution in [2.24, 2.45) is 0 Å². The van der Waals surface area contributed by atoms with Crippen LogP contribution >= 0.6 is 0 Å². The molecule has 2 N–H and O–H groups in total. The Labute approximate surface area is 244 Å². The zero-order valence-corrected chi connectivity index (χ0v) is 24.8. The first-order valence-corrected chi connectivity index (χ1v) is 15.2. The van der Waals surface area contributed by atoms with E-state index in [1.54, 1.807) is 23.1 Å². The van der Waals surface area contributed by atoms with Crippen LogP contribution in [0.25, 0.3) is 10.9 Å². The molecule has 0 bridgehead atoms. The minimum atomic E-state index is -3.89. The minimum Gasteiger partial charge on any atom is -0.464 e. The van der Waals surface area contributed by atoms with Gasteiger partial charge in [-0.25, -0.2) is 18.9 Å². The predicted molar refractivity (Wildman–Crippen MR) is 157 cm³/mol. The number of hydrogen-bond acceptors (Lipinski definition) is 9. The van der Waals surface area contributed by atoms with E-state index in [1.807, 2.05) is 38.4 Å². The number of amides is 1. The van der Waals surface area contributed by atoms with E-state index in [9.17, 15) is 22.8 Å². The minimum absolute atomic E-state index is 0.101. The molecule has 1 atom stereocenters. The summed E-state index contributed by atoms with van der Waals surface area (Å²) in [4.78, 5) is 43.1. The summed E-state index contributed by atoms with van der Waals surface area (Å²) in [5, 5.41) is 9.32. The Kier molecular flexibility index (Phi) is 8.87. The maximum Gasteiger partial charge on any atom is 0.320 e. The number of fused-ring (bicyclic) bond motifs is 1. The SMILES string of the molecule is CN(C)CC(=O)OCC1(c2ccc(C#Cc3ccc4c(=O)n(CCC(C)(C(=O)NO)S(C)(=O)=O)cnc4c3)cc2)CC1. The van der Waals surface area contributed by atoms with Crippen LogP contribution in [0.2, 0.25) is 0 Å². The Morgan fingerprint density at radius 1 is 1.14 bits per heavy atom. The number of hydrogen-bond donors (Lipinski definition) is 2. The van der Waals surface area contributed by atoms with Crippen LogP contribution in [0.1, 0.15) is 42.9 Å². The fourth-order valence-corrected chi connectivity index (χ4v) is 5.40. The zero-order valence-electron chi connectivity index (χ0n) is 24.0. The molecule has 1 amide bonds. The summed E-state index contributed by atoms with van der Waals surface area (Å²) in [6.07, 6.45) is 3.89. The second kappa shape index (κ2) is 12.1. The van der Waals surface area contributed by atoms with Crippen LogP contribution in [0.15, 0.2) is 53.6 Å². The lowest BCUT2D eigenvalue weighted by atomic mass is 9.96. The first-order chi connectivity index (χ1) is 19.8. The third-order valence-corrected chi connectivity index (χ3v) is 9.74. The molecule has 12 heteroatoms. The van der Waals surface area contributed by atoms with Gasteiger partial charge < -0.3 is 4.74 Å². The Morgan fingerprint density at radius 2 is 1.79 bits per heavy atom. The molecule has 1 aliphatic carbocycles. The van der Waals surface area contributed by atoms with Crippen LogP contribution in [-0.4, -0.2) is 78.2 Å². The number of hydroxylamine groups is 1. The molecule has 3 aromatic rings. The summed E-state index contributed by atoms with van der Waals surface area (Å²) in [5.41, 5.74) is 3.89. The van der Waals surface area contributed by atoms with Gasteiger partial charge in [0.15, 0.2) is 14.6 Å². The van der Waals surface area contributed by atoms with E-state index in [1.165, 1.54) is 23.3 Å². The zero-order chi connectivity index (χ0) is 30.7. The molecule has 1 saturated carbocycles. The van der Waals surface area contributed by atoms with Gasteiger partial charge in [0.05, 0.1) is 23.8 Å². The molecule has 1 heterocycles. The summed E-state index contributed by atoms with van der Waals surface area (Å²) < 4.78 is 29.2. The molecule has 42 heavy (non-hydrogen) atoms. The lowest BCUT2D eigenvalue weighted by molar-refractivity contribution is -0.145. The summed E-state index contributed by atoms with van der Waals surface area (Å²) in [6.45, 7) is 1.71. The summed E-state index contributed by atoms with van der Waals surface area (Å²) in [6, 6.07) is 12.9. The van der Waals surface area contributed by atoms with Crippen LogP contribution in [0.5, 0.6) is 0 Å². The molecule has 1 unspecified atom stereocenters. The Balaban J connectivity index is 1.46. The maximum absolute atomic E-state index is 13.0. The van der Waals surface area contributed by atoms with Crippen molar-refractivity contribution in [3.8, 4) is 11.8 Å².